The molecule has 4 nitrogen and oxygen atoms in total. The lowest BCUT2D eigenvalue weighted by atomic mass is 10.3. The molecule has 2 aromatic carbocycles. The van der Waals surface area contributed by atoms with Crippen LogP contribution in [-0.2, 0) is 4.57 Å². The van der Waals surface area contributed by atoms with Gasteiger partial charge in [-0.05, 0) is 6.42 Å². The molecular weight excluding hydrogens is 295 g/mol. The Morgan fingerprint density at radius 2 is 1.45 bits per heavy atom. The third-order valence-corrected chi connectivity index (χ3v) is 6.35. The van der Waals surface area contributed by atoms with Crippen molar-refractivity contribution in [2.45, 2.75) is 19.8 Å². The molecule has 5 heteroatoms. The molecule has 0 fully saturated rings. The number of hydrogen-bond donors (Lipinski definition) is 1. The van der Waals surface area contributed by atoms with E-state index in [0.717, 1.165) is 17.9 Å². The minimum Gasteiger partial charge on any atom is -0.303 e. The summed E-state index contributed by atoms with van der Waals surface area (Å²) in [7, 11) is -3.45. The number of benzene rings is 2. The predicted molar refractivity (Wildman–Crippen MR) is 91.0 cm³/mol. The summed E-state index contributed by atoms with van der Waals surface area (Å²) in [5, 5.41) is 2.13. The summed E-state index contributed by atoms with van der Waals surface area (Å²) in [6.45, 7) is 2.42. The van der Waals surface area contributed by atoms with Gasteiger partial charge in [0.05, 0.1) is 0 Å². The Hall–Kier alpha value is -1.90. The van der Waals surface area contributed by atoms with Crippen LogP contribution >= 0.6 is 7.14 Å². The Kier molecular flexibility index (Phi) is 5.53. The van der Waals surface area contributed by atoms with E-state index in [0.29, 0.717) is 17.2 Å². The third kappa shape index (κ3) is 3.29. The first-order valence-electron chi connectivity index (χ1n) is 7.38. The van der Waals surface area contributed by atoms with Gasteiger partial charge in [0.25, 0.3) is 0 Å². The van der Waals surface area contributed by atoms with E-state index >= 15 is 0 Å². The van der Waals surface area contributed by atoms with E-state index < -0.39 is 12.8 Å². The molecule has 0 aromatic heterocycles. The molecule has 0 saturated carbocycles. The highest BCUT2D eigenvalue weighted by atomic mass is 31.2. The van der Waals surface area contributed by atoms with E-state index in [1.54, 1.807) is 48.5 Å². The molecule has 2 rings (SSSR count). The van der Waals surface area contributed by atoms with Crippen molar-refractivity contribution in [2.75, 3.05) is 6.54 Å². The van der Waals surface area contributed by atoms with Crippen LogP contribution < -0.4 is 16.5 Å². The quantitative estimate of drug-likeness (QED) is 0.385. The number of rotatable bonds is 6. The first-order chi connectivity index (χ1) is 10.6. The summed E-state index contributed by atoms with van der Waals surface area (Å²) in [6.07, 6.45) is 1.70. The zero-order valence-corrected chi connectivity index (χ0v) is 13.6. The Morgan fingerprint density at radius 1 is 1.00 bits per heavy atom. The van der Waals surface area contributed by atoms with E-state index in [9.17, 15) is 9.36 Å². The SMILES string of the molecule is CCCCN(N)C(=O)P(=O)(c1ccccc1)c1ccccc1. The van der Waals surface area contributed by atoms with Gasteiger partial charge in [0.1, 0.15) is 0 Å². The number of nitrogens with two attached hydrogens (primary N) is 1. The fraction of sp³-hybridized carbons (Fsp3) is 0.235. The van der Waals surface area contributed by atoms with Gasteiger partial charge in [0.15, 0.2) is 0 Å². The molecule has 0 unspecified atom stereocenters. The van der Waals surface area contributed by atoms with Crippen molar-refractivity contribution in [1.82, 2.24) is 5.01 Å². The molecule has 0 spiro atoms. The number of amides is 1. The van der Waals surface area contributed by atoms with Crippen molar-refractivity contribution >= 4 is 23.4 Å². The van der Waals surface area contributed by atoms with Gasteiger partial charge in [0, 0.05) is 17.2 Å². The molecule has 0 aliphatic heterocycles. The van der Waals surface area contributed by atoms with Crippen molar-refractivity contribution < 1.29 is 9.36 Å². The molecule has 0 heterocycles. The van der Waals surface area contributed by atoms with Gasteiger partial charge >= 0.3 is 5.65 Å². The fourth-order valence-corrected chi connectivity index (χ4v) is 4.64. The second kappa shape index (κ2) is 7.39. The summed E-state index contributed by atoms with van der Waals surface area (Å²) in [5.41, 5.74) is -0.515. The molecule has 0 radical (unpaired) electrons. The molecule has 2 N–H and O–H groups in total. The largest absolute Gasteiger partial charge is 0.303 e. The molecular formula is C17H21N2O2P. The average molecular weight is 316 g/mol. The highest BCUT2D eigenvalue weighted by molar-refractivity contribution is 7.92. The minimum absolute atomic E-state index is 0.402. The number of carbonyl (C=O) groups excluding carboxylic acids is 1. The van der Waals surface area contributed by atoms with Gasteiger partial charge in [-0.15, -0.1) is 0 Å². The predicted octanol–water partition coefficient (Wildman–Crippen LogP) is 3.10. The average Bonchev–Trinajstić information content (AvgIpc) is 2.59. The Bertz CT molecular complexity index is 615. The van der Waals surface area contributed by atoms with Gasteiger partial charge in [-0.1, -0.05) is 74.0 Å². The minimum atomic E-state index is -3.45. The first-order valence-corrected chi connectivity index (χ1v) is 9.09. The normalized spacial score (nSPS) is 11.2. The van der Waals surface area contributed by atoms with Crippen molar-refractivity contribution in [3.63, 3.8) is 0 Å². The smallest absolute Gasteiger partial charge is 0.303 e. The Labute approximate surface area is 131 Å². The lowest BCUT2D eigenvalue weighted by Gasteiger charge is -2.24. The molecule has 22 heavy (non-hydrogen) atoms. The monoisotopic (exact) mass is 316 g/mol. The van der Waals surface area contributed by atoms with Crippen LogP contribution in [0.3, 0.4) is 0 Å². The van der Waals surface area contributed by atoms with Crippen LogP contribution in [0, 0.1) is 0 Å². The number of hydrogen-bond acceptors (Lipinski definition) is 3. The molecule has 0 aliphatic carbocycles. The van der Waals surface area contributed by atoms with Crippen LogP contribution in [0.1, 0.15) is 19.8 Å². The fourth-order valence-electron chi connectivity index (χ4n) is 2.25. The van der Waals surface area contributed by atoms with Crippen LogP contribution in [0.5, 0.6) is 0 Å². The van der Waals surface area contributed by atoms with Crippen molar-refractivity contribution in [2.24, 2.45) is 5.84 Å². The summed E-state index contributed by atoms with van der Waals surface area (Å²) in [5.74, 6) is 5.88. The maximum Gasteiger partial charge on any atom is 0.303 e. The number of nitrogens with zero attached hydrogens (tertiary/aromatic N) is 1. The van der Waals surface area contributed by atoms with E-state index in [4.69, 9.17) is 5.84 Å². The lowest BCUT2D eigenvalue weighted by molar-refractivity contribution is 0.221. The zero-order valence-electron chi connectivity index (χ0n) is 12.7. The first kappa shape index (κ1) is 16.5. The molecule has 0 atom stereocenters. The van der Waals surface area contributed by atoms with Crippen molar-refractivity contribution in [3.05, 3.63) is 60.7 Å². The number of unbranched alkanes of at least 4 members (excludes halogenated alkanes) is 1. The summed E-state index contributed by atoms with van der Waals surface area (Å²) in [4.78, 5) is 12.8. The maximum absolute atomic E-state index is 13.6. The second-order valence-corrected chi connectivity index (χ2v) is 7.74. The number of carbonyl (C=O) groups is 1. The summed E-state index contributed by atoms with van der Waals surface area (Å²) < 4.78 is 13.6. The molecule has 0 saturated heterocycles. The standard InChI is InChI=1S/C17H21N2O2P/c1-2-3-14-19(18)17(20)22(21,15-10-6-4-7-11-15)16-12-8-5-9-13-16/h4-13H,2-3,14,18H2,1H3. The van der Waals surface area contributed by atoms with E-state index in [1.165, 1.54) is 0 Å². The van der Waals surface area contributed by atoms with Crippen LogP contribution in [0.15, 0.2) is 60.7 Å². The van der Waals surface area contributed by atoms with E-state index in [1.807, 2.05) is 19.1 Å². The lowest BCUT2D eigenvalue weighted by Crippen LogP contribution is -2.40. The van der Waals surface area contributed by atoms with Gasteiger partial charge in [0.2, 0.25) is 7.14 Å². The summed E-state index contributed by atoms with van der Waals surface area (Å²) >= 11 is 0. The van der Waals surface area contributed by atoms with Crippen LogP contribution in [0.4, 0.5) is 4.79 Å². The van der Waals surface area contributed by atoms with Gasteiger partial charge in [-0.2, -0.15) is 0 Å². The van der Waals surface area contributed by atoms with Crippen molar-refractivity contribution in [3.8, 4) is 0 Å². The van der Waals surface area contributed by atoms with Gasteiger partial charge in [-0.25, -0.2) is 5.84 Å². The van der Waals surface area contributed by atoms with E-state index in [2.05, 4.69) is 0 Å². The summed E-state index contributed by atoms with van der Waals surface area (Å²) in [6, 6.07) is 17.7. The van der Waals surface area contributed by atoms with Gasteiger partial charge in [-0.3, -0.25) is 9.80 Å². The molecule has 1 amide bonds. The third-order valence-electron chi connectivity index (χ3n) is 3.51. The molecule has 116 valence electrons. The zero-order chi connectivity index (χ0) is 16.0. The Morgan fingerprint density at radius 3 is 1.86 bits per heavy atom. The second-order valence-electron chi connectivity index (χ2n) is 5.11. The molecule has 0 aliphatic rings. The van der Waals surface area contributed by atoms with Crippen LogP contribution in [0.25, 0.3) is 0 Å². The molecule has 2 aromatic rings. The van der Waals surface area contributed by atoms with Gasteiger partial charge < -0.3 is 4.57 Å². The van der Waals surface area contributed by atoms with E-state index in [-0.39, 0.29) is 0 Å². The highest BCUT2D eigenvalue weighted by Gasteiger charge is 2.38. The van der Waals surface area contributed by atoms with Crippen molar-refractivity contribution in [1.29, 1.82) is 0 Å². The Balaban J connectivity index is 2.48. The van der Waals surface area contributed by atoms with Crippen LogP contribution in [0.2, 0.25) is 0 Å². The van der Waals surface area contributed by atoms with Crippen LogP contribution in [-0.4, -0.2) is 17.2 Å². The topological polar surface area (TPSA) is 63.4 Å². The number of hydrazine groups is 1. The maximum atomic E-state index is 13.6. The highest BCUT2D eigenvalue weighted by Crippen LogP contribution is 2.45. The molecule has 0 bridgehead atoms.